The van der Waals surface area contributed by atoms with E-state index in [1.54, 1.807) is 6.21 Å². The highest BCUT2D eigenvalue weighted by Crippen LogP contribution is 2.27. The maximum absolute atomic E-state index is 10.1. The minimum atomic E-state index is 0.156. The number of H-pyrrole nitrogens is 1. The van der Waals surface area contributed by atoms with Gasteiger partial charge in [0.05, 0.1) is 11.3 Å². The van der Waals surface area contributed by atoms with Crippen molar-refractivity contribution >= 4 is 22.8 Å². The molecule has 1 heterocycles. The normalized spacial score (nSPS) is 11.6. The van der Waals surface area contributed by atoms with Crippen LogP contribution in [0.25, 0.3) is 10.9 Å². The van der Waals surface area contributed by atoms with Crippen molar-refractivity contribution in [1.82, 2.24) is 4.98 Å². The number of fused-ring (bicyclic) bond motifs is 1. The summed E-state index contributed by atoms with van der Waals surface area (Å²) in [5.74, 6) is 0.156. The molecule has 0 saturated heterocycles. The summed E-state index contributed by atoms with van der Waals surface area (Å²) in [5.41, 5.74) is 6.15. The van der Waals surface area contributed by atoms with Gasteiger partial charge in [-0.05, 0) is 55.7 Å². The van der Waals surface area contributed by atoms with Crippen LogP contribution < -0.4 is 0 Å². The number of hydrogen-bond acceptors (Lipinski definition) is 2. The summed E-state index contributed by atoms with van der Waals surface area (Å²) in [6, 6.07) is 12.1. The van der Waals surface area contributed by atoms with Gasteiger partial charge >= 0.3 is 0 Å². The summed E-state index contributed by atoms with van der Waals surface area (Å²) >= 11 is 0. The smallest absolute Gasteiger partial charge is 0.198 e. The van der Waals surface area contributed by atoms with E-state index >= 15 is 0 Å². The van der Waals surface area contributed by atoms with Crippen molar-refractivity contribution in [3.63, 3.8) is 0 Å². The third kappa shape index (κ3) is 2.55. The summed E-state index contributed by atoms with van der Waals surface area (Å²) in [6.45, 7) is 6.18. The molecule has 0 aliphatic heterocycles. The Kier molecular flexibility index (Phi) is 3.26. The molecule has 0 amide bonds. The van der Waals surface area contributed by atoms with E-state index in [4.69, 9.17) is 0 Å². The molecule has 21 heavy (non-hydrogen) atoms. The molecular formula is C18H18N2O. The summed E-state index contributed by atoms with van der Waals surface area (Å²) in [4.78, 5) is 7.47. The van der Waals surface area contributed by atoms with Gasteiger partial charge in [-0.15, -0.1) is 0 Å². The molecule has 0 bridgehead atoms. The Labute approximate surface area is 124 Å². The maximum Gasteiger partial charge on any atom is 0.198 e. The van der Waals surface area contributed by atoms with Crippen LogP contribution in [0.3, 0.4) is 0 Å². The molecule has 3 heteroatoms. The number of nitrogens with zero attached hydrogens (tertiary/aromatic N) is 1. The first-order valence-electron chi connectivity index (χ1n) is 6.97. The molecule has 0 spiro atoms. The van der Waals surface area contributed by atoms with E-state index in [1.165, 1.54) is 11.1 Å². The van der Waals surface area contributed by atoms with Gasteiger partial charge in [-0.2, -0.15) is 0 Å². The molecule has 3 rings (SSSR count). The van der Waals surface area contributed by atoms with Crippen LogP contribution in [-0.4, -0.2) is 16.3 Å². The van der Waals surface area contributed by atoms with E-state index in [2.05, 4.69) is 29.9 Å². The first kappa shape index (κ1) is 13.4. The monoisotopic (exact) mass is 278 g/mol. The van der Waals surface area contributed by atoms with Gasteiger partial charge in [0.15, 0.2) is 5.88 Å². The maximum atomic E-state index is 10.1. The van der Waals surface area contributed by atoms with Gasteiger partial charge in [0, 0.05) is 17.1 Å². The molecule has 2 N–H and O–H groups in total. The highest BCUT2D eigenvalue weighted by Gasteiger charge is 2.08. The van der Waals surface area contributed by atoms with Crippen LogP contribution in [-0.2, 0) is 0 Å². The third-order valence-corrected chi connectivity index (χ3v) is 3.81. The summed E-state index contributed by atoms with van der Waals surface area (Å²) in [5, 5.41) is 11.0. The van der Waals surface area contributed by atoms with Crippen molar-refractivity contribution < 1.29 is 5.11 Å². The lowest BCUT2D eigenvalue weighted by molar-refractivity contribution is 0.457. The molecule has 3 aromatic rings. The minimum Gasteiger partial charge on any atom is -0.494 e. The number of aromatic hydroxyl groups is 1. The van der Waals surface area contributed by atoms with Gasteiger partial charge in [0.25, 0.3) is 0 Å². The number of benzene rings is 2. The quantitative estimate of drug-likeness (QED) is 0.664. The summed E-state index contributed by atoms with van der Waals surface area (Å²) in [7, 11) is 0. The van der Waals surface area contributed by atoms with Crippen LogP contribution in [0.4, 0.5) is 5.69 Å². The Morgan fingerprint density at radius 2 is 1.81 bits per heavy atom. The van der Waals surface area contributed by atoms with Crippen molar-refractivity contribution in [1.29, 1.82) is 0 Å². The molecule has 0 unspecified atom stereocenters. The van der Waals surface area contributed by atoms with Gasteiger partial charge < -0.3 is 10.1 Å². The number of aromatic nitrogens is 1. The SMILES string of the molecule is Cc1ccc2c(C=Nc3ccc(C)c(C)c3)c(O)[nH]c2c1. The molecule has 0 saturated carbocycles. The van der Waals surface area contributed by atoms with Gasteiger partial charge in [-0.25, -0.2) is 0 Å². The van der Waals surface area contributed by atoms with Crippen molar-refractivity contribution in [2.24, 2.45) is 4.99 Å². The number of hydrogen-bond donors (Lipinski definition) is 2. The minimum absolute atomic E-state index is 0.156. The Balaban J connectivity index is 2.02. The fourth-order valence-corrected chi connectivity index (χ4v) is 2.39. The van der Waals surface area contributed by atoms with Crippen molar-refractivity contribution in [3.05, 3.63) is 58.7 Å². The van der Waals surface area contributed by atoms with E-state index in [1.807, 2.05) is 37.3 Å². The highest BCUT2D eigenvalue weighted by atomic mass is 16.3. The Morgan fingerprint density at radius 1 is 1.00 bits per heavy atom. The second-order valence-electron chi connectivity index (χ2n) is 5.46. The molecule has 0 fully saturated rings. The molecule has 0 aliphatic rings. The number of nitrogens with one attached hydrogen (secondary N) is 1. The van der Waals surface area contributed by atoms with Gasteiger partial charge in [0.1, 0.15) is 0 Å². The second kappa shape index (κ2) is 5.09. The predicted molar refractivity (Wildman–Crippen MR) is 87.9 cm³/mol. The zero-order chi connectivity index (χ0) is 15.0. The summed E-state index contributed by atoms with van der Waals surface area (Å²) < 4.78 is 0. The fourth-order valence-electron chi connectivity index (χ4n) is 2.39. The average molecular weight is 278 g/mol. The lowest BCUT2D eigenvalue weighted by atomic mass is 10.1. The Hall–Kier alpha value is -2.55. The largest absolute Gasteiger partial charge is 0.494 e. The van der Waals surface area contributed by atoms with E-state index in [0.717, 1.165) is 27.7 Å². The van der Waals surface area contributed by atoms with Crippen LogP contribution in [0.15, 0.2) is 41.4 Å². The fraction of sp³-hybridized carbons (Fsp3) is 0.167. The van der Waals surface area contributed by atoms with Gasteiger partial charge in [-0.1, -0.05) is 18.2 Å². The van der Waals surface area contributed by atoms with Gasteiger partial charge in [-0.3, -0.25) is 4.99 Å². The summed E-state index contributed by atoms with van der Waals surface area (Å²) in [6.07, 6.45) is 1.72. The zero-order valence-corrected chi connectivity index (χ0v) is 12.4. The van der Waals surface area contributed by atoms with Crippen molar-refractivity contribution in [2.75, 3.05) is 0 Å². The zero-order valence-electron chi connectivity index (χ0n) is 12.4. The molecule has 2 aromatic carbocycles. The van der Waals surface area contributed by atoms with Crippen molar-refractivity contribution in [3.8, 4) is 5.88 Å². The molecular weight excluding hydrogens is 260 g/mol. The lowest BCUT2D eigenvalue weighted by Crippen LogP contribution is -1.81. The number of aromatic amines is 1. The molecule has 106 valence electrons. The highest BCUT2D eigenvalue weighted by molar-refractivity contribution is 6.02. The molecule has 0 atom stereocenters. The van der Waals surface area contributed by atoms with E-state index in [0.29, 0.717) is 0 Å². The van der Waals surface area contributed by atoms with Crippen LogP contribution in [0.2, 0.25) is 0 Å². The van der Waals surface area contributed by atoms with Crippen LogP contribution in [0.5, 0.6) is 5.88 Å². The average Bonchev–Trinajstić information content (AvgIpc) is 2.75. The molecule has 1 aromatic heterocycles. The second-order valence-corrected chi connectivity index (χ2v) is 5.46. The molecule has 3 nitrogen and oxygen atoms in total. The van der Waals surface area contributed by atoms with Crippen LogP contribution >= 0.6 is 0 Å². The van der Waals surface area contributed by atoms with Crippen molar-refractivity contribution in [2.45, 2.75) is 20.8 Å². The van der Waals surface area contributed by atoms with E-state index in [-0.39, 0.29) is 5.88 Å². The molecule has 0 aliphatic carbocycles. The first-order chi connectivity index (χ1) is 10.0. The molecule has 0 radical (unpaired) electrons. The Morgan fingerprint density at radius 3 is 2.57 bits per heavy atom. The number of aliphatic imine (C=N–C) groups is 1. The van der Waals surface area contributed by atoms with Crippen LogP contribution in [0, 0.1) is 20.8 Å². The van der Waals surface area contributed by atoms with E-state index < -0.39 is 0 Å². The first-order valence-corrected chi connectivity index (χ1v) is 6.97. The lowest BCUT2D eigenvalue weighted by Gasteiger charge is -2.00. The van der Waals surface area contributed by atoms with E-state index in [9.17, 15) is 5.11 Å². The Bertz CT molecular complexity index is 844. The third-order valence-electron chi connectivity index (χ3n) is 3.81. The number of rotatable bonds is 2. The standard InChI is InChI=1S/C18H18N2O/c1-11-4-7-15-16(18(21)20-17(15)8-11)10-19-14-6-5-12(2)13(3)9-14/h4-10,20-21H,1-3H3. The predicted octanol–water partition coefficient (Wildman–Crippen LogP) is 4.55. The number of aryl methyl sites for hydroxylation is 3. The van der Waals surface area contributed by atoms with Gasteiger partial charge in [0.2, 0.25) is 0 Å². The topological polar surface area (TPSA) is 48.4 Å². The van der Waals surface area contributed by atoms with Crippen LogP contribution in [0.1, 0.15) is 22.3 Å².